The number of hydrogen-bond donors (Lipinski definition) is 0. The second kappa shape index (κ2) is 34.9. The van der Waals surface area contributed by atoms with Crippen molar-refractivity contribution in [2.24, 2.45) is 0 Å². The highest BCUT2D eigenvalue weighted by Gasteiger charge is 2.26. The fraction of sp³-hybridized carbons (Fsp3) is 0. The summed E-state index contributed by atoms with van der Waals surface area (Å²) in [6, 6.07) is 152. The highest BCUT2D eigenvalue weighted by molar-refractivity contribution is 7.19. The van der Waals surface area contributed by atoms with Crippen LogP contribution in [0, 0.1) is 0 Å². The van der Waals surface area contributed by atoms with Gasteiger partial charge >= 0.3 is 0 Å². The summed E-state index contributed by atoms with van der Waals surface area (Å²) in [5, 5.41) is 23.8. The van der Waals surface area contributed by atoms with E-state index in [0.717, 1.165) is 118 Å². The van der Waals surface area contributed by atoms with E-state index in [1.54, 1.807) is 45.3 Å². The maximum atomic E-state index is 5.21. The summed E-state index contributed by atoms with van der Waals surface area (Å²) in [7, 11) is 0. The lowest BCUT2D eigenvalue weighted by Gasteiger charge is -2.13. The molecule has 640 valence electrons. The molecule has 28 rings (SSSR count). The minimum atomic E-state index is 0.620. The maximum absolute atomic E-state index is 5.21. The number of nitrogens with zero attached hydrogens (tertiary/aromatic N) is 12. The van der Waals surface area contributed by atoms with E-state index in [4.69, 9.17) is 39.9 Å². The first-order chi connectivity index (χ1) is 67.5. The highest BCUT2D eigenvalue weighted by atomic mass is 32.1. The van der Waals surface area contributed by atoms with Crippen molar-refractivity contribution in [1.82, 2.24) is 58.1 Å². The van der Waals surface area contributed by atoms with E-state index in [1.807, 2.05) is 140 Å². The Labute approximate surface area is 796 Å². The van der Waals surface area contributed by atoms with Gasteiger partial charge in [0.1, 0.15) is 11.6 Å². The van der Waals surface area contributed by atoms with Gasteiger partial charge in [-0.25, -0.2) is 29.9 Å². The van der Waals surface area contributed by atoms with Crippen LogP contribution in [0.25, 0.3) is 241 Å². The zero-order valence-electron chi connectivity index (χ0n) is 72.9. The first kappa shape index (κ1) is 80.9. The van der Waals surface area contributed by atoms with Crippen LogP contribution in [0.4, 0.5) is 0 Å². The van der Waals surface area contributed by atoms with Gasteiger partial charge in [-0.15, -0.1) is 45.3 Å². The minimum Gasteiger partial charge on any atom is -0.294 e. The zero-order valence-corrected chi connectivity index (χ0v) is 76.1. The molecule has 0 saturated heterocycles. The lowest BCUT2D eigenvalue weighted by Crippen LogP contribution is -2.06. The summed E-state index contributed by atoms with van der Waals surface area (Å²) in [5.74, 6) is 5.15. The Balaban J connectivity index is 0.0000000965. The molecule has 28 aromatic rings. The number of aromatic nitrogens is 12. The Kier molecular flexibility index (Phi) is 20.8. The second-order valence-electron chi connectivity index (χ2n) is 33.3. The van der Waals surface area contributed by atoms with Crippen LogP contribution in [-0.4, -0.2) is 58.1 Å². The van der Waals surface area contributed by atoms with Crippen LogP contribution in [0.1, 0.15) is 0 Å². The molecule has 12 aromatic heterocycles. The summed E-state index contributed by atoms with van der Waals surface area (Å²) < 4.78 is 14.2. The number of para-hydroxylation sites is 4. The lowest BCUT2D eigenvalue weighted by molar-refractivity contribution is 0.953. The Hall–Kier alpha value is -17.1. The highest BCUT2D eigenvalue weighted by Crippen LogP contribution is 2.46. The van der Waals surface area contributed by atoms with Gasteiger partial charge < -0.3 is 0 Å². The molecule has 0 bridgehead atoms. The van der Waals surface area contributed by atoms with Crippen LogP contribution in [0.3, 0.4) is 0 Å². The molecule has 0 saturated carbocycles. The van der Waals surface area contributed by atoms with Gasteiger partial charge in [0.2, 0.25) is 11.9 Å². The molecule has 0 N–H and O–H groups in total. The number of hydrogen-bond acceptors (Lipinski definition) is 12. The first-order valence-electron chi connectivity index (χ1n) is 45.1. The third kappa shape index (κ3) is 14.7. The van der Waals surface area contributed by atoms with Crippen molar-refractivity contribution in [1.29, 1.82) is 0 Å². The number of fused-ring (bicyclic) bond motifs is 20. The van der Waals surface area contributed by atoms with Gasteiger partial charge in [0.15, 0.2) is 17.5 Å². The van der Waals surface area contributed by atoms with Crippen molar-refractivity contribution in [2.45, 2.75) is 0 Å². The largest absolute Gasteiger partial charge is 0.294 e. The summed E-state index contributed by atoms with van der Waals surface area (Å²) in [4.78, 5) is 40.3. The van der Waals surface area contributed by atoms with Gasteiger partial charge in [-0.2, -0.15) is 9.97 Å². The molecule has 0 amide bonds. The smallest absolute Gasteiger partial charge is 0.238 e. The predicted molar refractivity (Wildman–Crippen MR) is 571 cm³/mol. The molecule has 12 nitrogen and oxygen atoms in total. The van der Waals surface area contributed by atoms with Gasteiger partial charge in [0.05, 0.1) is 66.9 Å². The standard InChI is InChI=1S/C31H20N2S.2C30H19N3S.C29H18N4S/c1-3-9-21(10-4-1)24-19-26(22-11-5-2-6-12-22)32-29(20-24)33-27-14-8-7-13-25(27)30-28(33)16-15-23-17-18-34-31(23)30;1-3-9-20(10-4-1)24-19-27(32-30(31-24)22-11-5-2-6-12-22)33-25-14-8-7-13-23(25)28-26(33)16-15-21-17-18-34-29(21)28;1-3-9-20(10-4-1)24-19-25(21-11-5-2-6-12-21)32-30(31-24)33-26-14-8-7-13-23(26)28-27(33)16-15-22-17-18-34-29(22)28;1-3-9-20(10-4-1)27-30-28(21-11-5-2-6-12-21)32-29(31-27)33-23-14-8-7-13-22(23)25-24(33)16-15-19-17-18-34-26(19)25/h1-20H;2*1-19H;1-18H. The monoisotopic (exact) mass is 1810 g/mol. The van der Waals surface area contributed by atoms with E-state index in [9.17, 15) is 0 Å². The zero-order chi connectivity index (χ0) is 89.9. The second-order valence-corrected chi connectivity index (χ2v) is 37.0. The normalized spacial score (nSPS) is 11.5. The molecule has 0 aliphatic heterocycles. The third-order valence-electron chi connectivity index (χ3n) is 25.2. The molecule has 0 radical (unpaired) electrons. The maximum Gasteiger partial charge on any atom is 0.238 e. The molecule has 136 heavy (non-hydrogen) atoms. The van der Waals surface area contributed by atoms with Gasteiger partial charge in [0, 0.05) is 107 Å². The van der Waals surface area contributed by atoms with Crippen molar-refractivity contribution in [3.63, 3.8) is 0 Å². The third-order valence-corrected chi connectivity index (χ3v) is 29.0. The molecule has 0 spiro atoms. The van der Waals surface area contributed by atoms with E-state index in [0.29, 0.717) is 23.5 Å². The molecule has 0 aliphatic rings. The Morgan fingerprint density at radius 2 is 0.426 bits per heavy atom. The number of pyridine rings is 1. The quantitative estimate of drug-likeness (QED) is 0.119. The minimum absolute atomic E-state index is 0.620. The van der Waals surface area contributed by atoms with Gasteiger partial charge in [-0.05, 0) is 145 Å². The average molecular weight is 1810 g/mol. The summed E-state index contributed by atoms with van der Waals surface area (Å²) in [6.45, 7) is 0. The molecule has 0 unspecified atom stereocenters. The van der Waals surface area contributed by atoms with Crippen molar-refractivity contribution in [3.8, 4) is 114 Å². The van der Waals surface area contributed by atoms with Crippen LogP contribution in [-0.2, 0) is 0 Å². The SMILES string of the molecule is c1ccc(-c2cc(-c3ccccc3)nc(-n3c4ccccc4c4c5sccc5ccc43)c2)cc1.c1ccc(-c2cc(-c3ccccc3)nc(-n3c4ccccc4c4c5sccc5ccc43)n2)cc1.c1ccc(-c2cc(-n3c4ccccc4c4c5sccc5ccc43)nc(-c3ccccc3)n2)cc1.c1ccc(-c2nc(-c3ccccc3)nc(-n3c4ccccc4c4c5sccc5ccc43)n2)cc1. The molecule has 12 heterocycles. The average Bonchev–Trinajstić information content (AvgIpc) is 1.58. The number of rotatable bonds is 12. The number of thiophene rings is 4. The van der Waals surface area contributed by atoms with Gasteiger partial charge in [-0.3, -0.25) is 18.3 Å². The van der Waals surface area contributed by atoms with Crippen LogP contribution in [0.2, 0.25) is 0 Å². The molecule has 16 heteroatoms. The van der Waals surface area contributed by atoms with E-state index in [-0.39, 0.29) is 0 Å². The van der Waals surface area contributed by atoms with E-state index in [2.05, 4.69) is 337 Å². The van der Waals surface area contributed by atoms with Crippen molar-refractivity contribution < 1.29 is 0 Å². The molecule has 0 fully saturated rings. The van der Waals surface area contributed by atoms with Crippen molar-refractivity contribution in [3.05, 3.63) is 458 Å². The summed E-state index contributed by atoms with van der Waals surface area (Å²) in [5.41, 5.74) is 22.4. The Bertz CT molecular complexity index is 8040. The molecule has 0 atom stereocenters. The topological polar surface area (TPSA) is 123 Å². The first-order valence-corrected chi connectivity index (χ1v) is 48.6. The van der Waals surface area contributed by atoms with Gasteiger partial charge in [-0.1, -0.05) is 340 Å². The predicted octanol–water partition coefficient (Wildman–Crippen LogP) is 32.5. The van der Waals surface area contributed by atoms with Crippen molar-refractivity contribution in [2.75, 3.05) is 0 Å². The van der Waals surface area contributed by atoms with Crippen LogP contribution >= 0.6 is 45.3 Å². The lowest BCUT2D eigenvalue weighted by atomic mass is 10.0. The summed E-state index contributed by atoms with van der Waals surface area (Å²) >= 11 is 7.16. The van der Waals surface area contributed by atoms with E-state index < -0.39 is 0 Å². The van der Waals surface area contributed by atoms with E-state index >= 15 is 0 Å². The fourth-order valence-corrected chi connectivity index (χ4v) is 22.8. The van der Waals surface area contributed by atoms with Gasteiger partial charge in [0.25, 0.3) is 0 Å². The van der Waals surface area contributed by atoms with Crippen LogP contribution in [0.5, 0.6) is 0 Å². The fourth-order valence-electron chi connectivity index (χ4n) is 19.0. The molecular formula is C120H76N12S4. The molecule has 0 aliphatic carbocycles. The molecular weight excluding hydrogens is 1740 g/mol. The van der Waals surface area contributed by atoms with E-state index in [1.165, 1.54) is 100 Å². The Morgan fingerprint density at radius 1 is 0.162 bits per heavy atom. The Morgan fingerprint density at radius 3 is 0.772 bits per heavy atom. The number of benzene rings is 16. The van der Waals surface area contributed by atoms with Crippen molar-refractivity contribution >= 4 is 173 Å². The van der Waals surface area contributed by atoms with Crippen LogP contribution in [0.15, 0.2) is 458 Å². The summed E-state index contributed by atoms with van der Waals surface area (Å²) in [6.07, 6.45) is 0. The molecule has 16 aromatic carbocycles. The van der Waals surface area contributed by atoms with Crippen LogP contribution < -0.4 is 0 Å².